The molecule has 29 heavy (non-hydrogen) atoms. The van der Waals surface area contributed by atoms with Gasteiger partial charge in [-0.1, -0.05) is 33.6 Å². The van der Waals surface area contributed by atoms with Crippen molar-refractivity contribution in [2.24, 2.45) is 11.3 Å². The van der Waals surface area contributed by atoms with Gasteiger partial charge in [-0.05, 0) is 42.4 Å². The number of carbonyl (C=O) groups excluding carboxylic acids is 1. The van der Waals surface area contributed by atoms with E-state index in [1.54, 1.807) is 0 Å². The molecule has 1 aromatic rings. The maximum atomic E-state index is 14.4. The minimum atomic E-state index is -4.02. The van der Waals surface area contributed by atoms with Crippen LogP contribution in [0.15, 0.2) is 23.1 Å². The van der Waals surface area contributed by atoms with Crippen LogP contribution in [0.5, 0.6) is 0 Å². The van der Waals surface area contributed by atoms with Crippen LogP contribution in [0, 0.1) is 17.2 Å². The predicted molar refractivity (Wildman–Crippen MR) is 109 cm³/mol. The molecule has 0 spiro atoms. The number of sulfonamides is 1. The average Bonchev–Trinajstić information content (AvgIpc) is 2.68. The number of benzene rings is 1. The van der Waals surface area contributed by atoms with Gasteiger partial charge in [0.05, 0.1) is 13.2 Å². The summed E-state index contributed by atoms with van der Waals surface area (Å²) in [6.07, 6.45) is 4.15. The molecule has 2 atom stereocenters. The van der Waals surface area contributed by atoms with Crippen LogP contribution in [0.3, 0.4) is 0 Å². The molecule has 1 saturated heterocycles. The Kier molecular flexibility index (Phi) is 6.65. The lowest BCUT2D eigenvalue weighted by atomic mass is 9.69. The van der Waals surface area contributed by atoms with Crippen molar-refractivity contribution in [2.75, 3.05) is 26.3 Å². The summed E-state index contributed by atoms with van der Waals surface area (Å²) in [4.78, 5) is 12.4. The molecule has 0 radical (unpaired) electrons. The largest absolute Gasteiger partial charge is 0.379 e. The van der Waals surface area contributed by atoms with E-state index >= 15 is 0 Å². The number of hydrogen-bond donors (Lipinski definition) is 1. The predicted octanol–water partition coefficient (Wildman–Crippen LogP) is 3.18. The summed E-state index contributed by atoms with van der Waals surface area (Å²) in [7, 11) is -4.02. The number of rotatable bonds is 4. The van der Waals surface area contributed by atoms with E-state index in [1.807, 2.05) is 0 Å². The molecular formula is C21H31FN2O4S. The van der Waals surface area contributed by atoms with Crippen molar-refractivity contribution in [1.29, 1.82) is 0 Å². The Hall–Kier alpha value is -1.51. The van der Waals surface area contributed by atoms with Gasteiger partial charge in [0, 0.05) is 24.7 Å². The Bertz CT molecular complexity index is 845. The Balaban J connectivity index is 1.82. The molecular weight excluding hydrogens is 395 g/mol. The highest BCUT2D eigenvalue weighted by Crippen LogP contribution is 2.38. The van der Waals surface area contributed by atoms with E-state index in [-0.39, 0.29) is 49.2 Å². The molecule has 1 aromatic carbocycles. The van der Waals surface area contributed by atoms with Crippen molar-refractivity contribution in [2.45, 2.75) is 57.4 Å². The SMILES string of the molecule is CC(C)(C)C1CCCCC1NC(=O)c1ccc(F)c(S(=O)(=O)N2CCOCC2)c1. The number of nitrogens with zero attached hydrogens (tertiary/aromatic N) is 1. The lowest BCUT2D eigenvalue weighted by molar-refractivity contribution is 0.0729. The maximum absolute atomic E-state index is 14.4. The number of nitrogens with one attached hydrogen (secondary N) is 1. The minimum Gasteiger partial charge on any atom is -0.379 e. The van der Waals surface area contributed by atoms with E-state index < -0.39 is 20.7 Å². The smallest absolute Gasteiger partial charge is 0.251 e. The first kappa shape index (κ1) is 22.2. The van der Waals surface area contributed by atoms with Crippen molar-refractivity contribution in [3.63, 3.8) is 0 Å². The van der Waals surface area contributed by atoms with Gasteiger partial charge in [-0.25, -0.2) is 12.8 Å². The van der Waals surface area contributed by atoms with Gasteiger partial charge in [0.25, 0.3) is 5.91 Å². The lowest BCUT2D eigenvalue weighted by Crippen LogP contribution is -2.46. The summed E-state index contributed by atoms with van der Waals surface area (Å²) >= 11 is 0. The van der Waals surface area contributed by atoms with Gasteiger partial charge >= 0.3 is 0 Å². The summed E-state index contributed by atoms with van der Waals surface area (Å²) in [5.41, 5.74) is 0.225. The highest BCUT2D eigenvalue weighted by molar-refractivity contribution is 7.89. The van der Waals surface area contributed by atoms with E-state index in [9.17, 15) is 17.6 Å². The molecule has 1 amide bonds. The van der Waals surface area contributed by atoms with Crippen LogP contribution in [-0.4, -0.2) is 51.0 Å². The van der Waals surface area contributed by atoms with E-state index in [2.05, 4.69) is 26.1 Å². The molecule has 162 valence electrons. The number of carbonyl (C=O) groups is 1. The van der Waals surface area contributed by atoms with Gasteiger partial charge in [-0.15, -0.1) is 0 Å². The molecule has 0 aromatic heterocycles. The summed E-state index contributed by atoms with van der Waals surface area (Å²) in [6.45, 7) is 7.42. The Morgan fingerprint density at radius 1 is 1.17 bits per heavy atom. The molecule has 2 unspecified atom stereocenters. The fourth-order valence-electron chi connectivity index (χ4n) is 4.36. The van der Waals surface area contributed by atoms with E-state index in [0.29, 0.717) is 5.92 Å². The van der Waals surface area contributed by atoms with Crippen molar-refractivity contribution in [1.82, 2.24) is 9.62 Å². The maximum Gasteiger partial charge on any atom is 0.251 e. The molecule has 1 N–H and O–H groups in total. The van der Waals surface area contributed by atoms with Gasteiger partial charge in [0.2, 0.25) is 10.0 Å². The third-order valence-electron chi connectivity index (χ3n) is 5.98. The van der Waals surface area contributed by atoms with Crippen molar-refractivity contribution < 1.29 is 22.3 Å². The van der Waals surface area contributed by atoms with Crippen molar-refractivity contribution in [3.05, 3.63) is 29.6 Å². The molecule has 1 saturated carbocycles. The Morgan fingerprint density at radius 3 is 2.48 bits per heavy atom. The Morgan fingerprint density at radius 2 is 1.83 bits per heavy atom. The third kappa shape index (κ3) is 4.98. The third-order valence-corrected chi connectivity index (χ3v) is 7.89. The molecule has 2 fully saturated rings. The van der Waals surface area contributed by atoms with Crippen LogP contribution in [0.1, 0.15) is 56.8 Å². The van der Waals surface area contributed by atoms with E-state index in [4.69, 9.17) is 4.74 Å². The first-order chi connectivity index (χ1) is 13.6. The first-order valence-corrected chi connectivity index (χ1v) is 11.7. The molecule has 6 nitrogen and oxygen atoms in total. The number of hydrogen-bond acceptors (Lipinski definition) is 4. The average molecular weight is 427 g/mol. The van der Waals surface area contributed by atoms with Gasteiger partial charge in [-0.3, -0.25) is 4.79 Å². The second kappa shape index (κ2) is 8.70. The Labute approximate surface area is 172 Å². The molecule has 1 aliphatic heterocycles. The van der Waals surface area contributed by atoms with Crippen LogP contribution in [-0.2, 0) is 14.8 Å². The summed E-state index contributed by atoms with van der Waals surface area (Å²) in [5.74, 6) is -0.861. The topological polar surface area (TPSA) is 75.7 Å². The van der Waals surface area contributed by atoms with Crippen molar-refractivity contribution >= 4 is 15.9 Å². The van der Waals surface area contributed by atoms with E-state index in [0.717, 1.165) is 37.8 Å². The minimum absolute atomic E-state index is 0.0283. The van der Waals surface area contributed by atoms with Crippen LogP contribution < -0.4 is 5.32 Å². The number of halogens is 1. The van der Waals surface area contributed by atoms with Gasteiger partial charge in [0.15, 0.2) is 0 Å². The highest BCUT2D eigenvalue weighted by atomic mass is 32.2. The first-order valence-electron chi connectivity index (χ1n) is 10.3. The van der Waals surface area contributed by atoms with Gasteiger partial charge < -0.3 is 10.1 Å². The standard InChI is InChI=1S/C21H31FN2O4S/c1-21(2,3)16-6-4-5-7-18(16)23-20(25)15-8-9-17(22)19(14-15)29(26,27)24-10-12-28-13-11-24/h8-9,14,16,18H,4-7,10-13H2,1-3H3,(H,23,25). The quantitative estimate of drug-likeness (QED) is 0.802. The zero-order valence-corrected chi connectivity index (χ0v) is 18.2. The van der Waals surface area contributed by atoms with Crippen molar-refractivity contribution in [3.8, 4) is 0 Å². The number of amides is 1. The zero-order chi connectivity index (χ0) is 21.2. The monoisotopic (exact) mass is 426 g/mol. The summed E-state index contributed by atoms with van der Waals surface area (Å²) in [6, 6.07) is 3.59. The number of ether oxygens (including phenoxy) is 1. The fraction of sp³-hybridized carbons (Fsp3) is 0.667. The highest BCUT2D eigenvalue weighted by Gasteiger charge is 2.35. The molecule has 2 aliphatic rings. The lowest BCUT2D eigenvalue weighted by Gasteiger charge is -2.40. The van der Waals surface area contributed by atoms with Crippen LogP contribution >= 0.6 is 0 Å². The number of morpholine rings is 1. The summed E-state index contributed by atoms with van der Waals surface area (Å²) in [5, 5.41) is 3.08. The molecule has 0 bridgehead atoms. The second-order valence-electron chi connectivity index (χ2n) is 9.00. The van der Waals surface area contributed by atoms with Crippen LogP contribution in [0.25, 0.3) is 0 Å². The molecule has 1 heterocycles. The van der Waals surface area contributed by atoms with Crippen LogP contribution in [0.4, 0.5) is 4.39 Å². The van der Waals surface area contributed by atoms with E-state index in [1.165, 1.54) is 10.4 Å². The summed E-state index contributed by atoms with van der Waals surface area (Å²) < 4.78 is 46.5. The molecule has 3 rings (SSSR count). The zero-order valence-electron chi connectivity index (χ0n) is 17.4. The fourth-order valence-corrected chi connectivity index (χ4v) is 5.86. The van der Waals surface area contributed by atoms with Gasteiger partial charge in [0.1, 0.15) is 10.7 Å². The normalized spacial score (nSPS) is 24.3. The molecule has 8 heteroatoms. The van der Waals surface area contributed by atoms with Gasteiger partial charge in [-0.2, -0.15) is 4.31 Å². The second-order valence-corrected chi connectivity index (χ2v) is 10.9. The van der Waals surface area contributed by atoms with Crippen LogP contribution in [0.2, 0.25) is 0 Å². The molecule has 1 aliphatic carbocycles.